The molecule has 158 valence electrons. The summed E-state index contributed by atoms with van der Waals surface area (Å²) in [4.78, 5) is 36.9. The first-order valence-corrected chi connectivity index (χ1v) is 9.65. The maximum atomic E-state index is 12.9. The van der Waals surface area contributed by atoms with Gasteiger partial charge >= 0.3 is 5.97 Å². The van der Waals surface area contributed by atoms with Crippen LogP contribution >= 0.6 is 11.3 Å². The number of primary amides is 1. The van der Waals surface area contributed by atoms with Crippen molar-refractivity contribution in [3.63, 3.8) is 0 Å². The van der Waals surface area contributed by atoms with Crippen LogP contribution in [0, 0.1) is 13.8 Å². The van der Waals surface area contributed by atoms with E-state index in [2.05, 4.69) is 10.4 Å². The number of carbonyl (C=O) groups is 3. The predicted molar refractivity (Wildman–Crippen MR) is 103 cm³/mol. The summed E-state index contributed by atoms with van der Waals surface area (Å²) in [5.74, 6) is -2.03. The molecule has 0 fully saturated rings. The average Bonchev–Trinajstić information content (AvgIpc) is 3.19. The molecule has 0 bridgehead atoms. The number of aryl methyl sites for hydroxylation is 1. The van der Waals surface area contributed by atoms with E-state index in [-0.39, 0.29) is 22.0 Å². The topological polar surface area (TPSA) is 116 Å². The Hall–Kier alpha value is -2.82. The van der Waals surface area contributed by atoms with Crippen molar-refractivity contribution in [2.24, 2.45) is 5.73 Å². The molecule has 0 aliphatic rings. The standard InChI is InChI=1S/C18H22F2N4O4S/c1-5-6-28-18(27)12-9(3)13(15(21)25)29-17(12)22-16(26)10(4)24-8(2)7-11(23-24)14(19)20/h7,10,14H,5-6H2,1-4H3,(H2,21,25)(H,22,26). The Morgan fingerprint density at radius 1 is 1.34 bits per heavy atom. The van der Waals surface area contributed by atoms with E-state index in [1.165, 1.54) is 24.6 Å². The van der Waals surface area contributed by atoms with Gasteiger partial charge in [-0.15, -0.1) is 11.3 Å². The predicted octanol–water partition coefficient (Wildman–Crippen LogP) is 3.36. The number of amides is 2. The summed E-state index contributed by atoms with van der Waals surface area (Å²) in [5.41, 5.74) is 5.65. The molecule has 8 nitrogen and oxygen atoms in total. The highest BCUT2D eigenvalue weighted by atomic mass is 32.1. The molecule has 0 radical (unpaired) electrons. The van der Waals surface area contributed by atoms with Crippen molar-refractivity contribution in [2.45, 2.75) is 46.6 Å². The summed E-state index contributed by atoms with van der Waals surface area (Å²) in [6.07, 6.45) is -2.16. The number of anilines is 1. The summed E-state index contributed by atoms with van der Waals surface area (Å²) in [7, 11) is 0. The highest BCUT2D eigenvalue weighted by Gasteiger charge is 2.28. The van der Waals surface area contributed by atoms with Crippen LogP contribution in [0.15, 0.2) is 6.07 Å². The Morgan fingerprint density at radius 2 is 2.00 bits per heavy atom. The third-order valence-electron chi connectivity index (χ3n) is 4.16. The third kappa shape index (κ3) is 4.78. The number of nitrogens with one attached hydrogen (secondary N) is 1. The van der Waals surface area contributed by atoms with Gasteiger partial charge in [-0.05, 0) is 38.8 Å². The number of aromatic nitrogens is 2. The van der Waals surface area contributed by atoms with Gasteiger partial charge in [0.2, 0.25) is 5.91 Å². The maximum Gasteiger partial charge on any atom is 0.341 e. The number of carbonyl (C=O) groups excluding carboxylic acids is 3. The minimum Gasteiger partial charge on any atom is -0.462 e. The Bertz CT molecular complexity index is 939. The van der Waals surface area contributed by atoms with Crippen LogP contribution in [0.4, 0.5) is 13.8 Å². The number of ether oxygens (including phenoxy) is 1. The Kier molecular flexibility index (Phi) is 7.07. The van der Waals surface area contributed by atoms with Crippen LogP contribution in [0.3, 0.4) is 0 Å². The molecule has 2 amide bonds. The van der Waals surface area contributed by atoms with Crippen molar-refractivity contribution < 1.29 is 27.9 Å². The fraction of sp³-hybridized carbons (Fsp3) is 0.444. The summed E-state index contributed by atoms with van der Waals surface area (Å²) in [6.45, 7) is 6.57. The summed E-state index contributed by atoms with van der Waals surface area (Å²) < 4.78 is 32.0. The lowest BCUT2D eigenvalue weighted by atomic mass is 10.1. The van der Waals surface area contributed by atoms with Crippen LogP contribution in [0.1, 0.15) is 69.7 Å². The van der Waals surface area contributed by atoms with E-state index in [4.69, 9.17) is 10.5 Å². The lowest BCUT2D eigenvalue weighted by Crippen LogP contribution is -2.25. The largest absolute Gasteiger partial charge is 0.462 e. The lowest BCUT2D eigenvalue weighted by molar-refractivity contribution is -0.119. The molecule has 0 spiro atoms. The highest BCUT2D eigenvalue weighted by molar-refractivity contribution is 7.18. The van der Waals surface area contributed by atoms with Gasteiger partial charge in [0.1, 0.15) is 16.7 Å². The number of esters is 1. The van der Waals surface area contributed by atoms with Gasteiger partial charge in [-0.3, -0.25) is 14.3 Å². The summed E-state index contributed by atoms with van der Waals surface area (Å²) in [6, 6.07) is 0.254. The minimum absolute atomic E-state index is 0.0447. The number of rotatable bonds is 8. The van der Waals surface area contributed by atoms with Gasteiger partial charge in [-0.2, -0.15) is 5.10 Å². The number of nitrogens with two attached hydrogens (primary N) is 1. The fourth-order valence-electron chi connectivity index (χ4n) is 2.69. The van der Waals surface area contributed by atoms with Gasteiger partial charge in [0, 0.05) is 5.69 Å². The summed E-state index contributed by atoms with van der Waals surface area (Å²) >= 11 is 0.854. The molecule has 2 aromatic rings. The van der Waals surface area contributed by atoms with Gasteiger partial charge in [-0.1, -0.05) is 6.92 Å². The second kappa shape index (κ2) is 9.12. The first-order valence-electron chi connectivity index (χ1n) is 8.83. The number of thiophene rings is 1. The molecule has 1 atom stereocenters. The first kappa shape index (κ1) is 22.5. The number of hydrogen-bond acceptors (Lipinski definition) is 6. The Morgan fingerprint density at radius 3 is 2.52 bits per heavy atom. The molecule has 2 aromatic heterocycles. The van der Waals surface area contributed by atoms with Gasteiger partial charge < -0.3 is 15.8 Å². The molecule has 1 unspecified atom stereocenters. The minimum atomic E-state index is -2.76. The van der Waals surface area contributed by atoms with E-state index in [0.717, 1.165) is 11.3 Å². The van der Waals surface area contributed by atoms with Crippen molar-refractivity contribution in [1.82, 2.24) is 9.78 Å². The number of alkyl halides is 2. The van der Waals surface area contributed by atoms with E-state index in [1.807, 2.05) is 6.92 Å². The fourth-order valence-corrected chi connectivity index (χ4v) is 3.74. The molecule has 0 saturated carbocycles. The zero-order chi connectivity index (χ0) is 21.9. The van der Waals surface area contributed by atoms with Gasteiger partial charge in [0.25, 0.3) is 12.3 Å². The molecular formula is C18H22F2N4O4S. The molecule has 0 saturated heterocycles. The SMILES string of the molecule is CCCOC(=O)c1c(NC(=O)C(C)n2nc(C(F)F)cc2C)sc(C(N)=O)c1C. The van der Waals surface area contributed by atoms with Crippen LogP contribution < -0.4 is 11.1 Å². The smallest absolute Gasteiger partial charge is 0.341 e. The van der Waals surface area contributed by atoms with Gasteiger partial charge in [0.05, 0.1) is 17.0 Å². The van der Waals surface area contributed by atoms with Crippen LogP contribution in [-0.2, 0) is 9.53 Å². The third-order valence-corrected chi connectivity index (χ3v) is 5.38. The van der Waals surface area contributed by atoms with E-state index >= 15 is 0 Å². The zero-order valence-corrected chi connectivity index (χ0v) is 17.2. The molecule has 3 N–H and O–H groups in total. The quantitative estimate of drug-likeness (QED) is 0.626. The Balaban J connectivity index is 2.34. The maximum absolute atomic E-state index is 12.9. The Labute approximate surface area is 170 Å². The van der Waals surface area contributed by atoms with Crippen molar-refractivity contribution in [3.8, 4) is 0 Å². The van der Waals surface area contributed by atoms with E-state index in [1.54, 1.807) is 6.92 Å². The molecule has 0 aromatic carbocycles. The zero-order valence-electron chi connectivity index (χ0n) is 16.4. The van der Waals surface area contributed by atoms with Crippen molar-refractivity contribution >= 4 is 34.1 Å². The van der Waals surface area contributed by atoms with E-state index < -0.39 is 35.9 Å². The average molecular weight is 428 g/mol. The summed E-state index contributed by atoms with van der Waals surface area (Å²) in [5, 5.41) is 6.44. The normalized spacial score (nSPS) is 12.1. The first-order chi connectivity index (χ1) is 13.6. The highest BCUT2D eigenvalue weighted by Crippen LogP contribution is 2.34. The second-order valence-electron chi connectivity index (χ2n) is 6.38. The number of nitrogens with zero attached hydrogens (tertiary/aromatic N) is 2. The number of halogens is 2. The van der Waals surface area contributed by atoms with E-state index in [0.29, 0.717) is 17.7 Å². The van der Waals surface area contributed by atoms with Crippen LogP contribution in [-0.4, -0.2) is 34.2 Å². The molecule has 29 heavy (non-hydrogen) atoms. The van der Waals surface area contributed by atoms with Crippen LogP contribution in [0.5, 0.6) is 0 Å². The second-order valence-corrected chi connectivity index (χ2v) is 7.40. The molecule has 11 heteroatoms. The van der Waals surface area contributed by atoms with Crippen molar-refractivity contribution in [2.75, 3.05) is 11.9 Å². The molecule has 0 aliphatic carbocycles. The van der Waals surface area contributed by atoms with Gasteiger partial charge in [-0.25, -0.2) is 13.6 Å². The molecule has 0 aliphatic heterocycles. The molecular weight excluding hydrogens is 406 g/mol. The lowest BCUT2D eigenvalue weighted by Gasteiger charge is -2.14. The monoisotopic (exact) mass is 428 g/mol. The van der Waals surface area contributed by atoms with Gasteiger partial charge in [0.15, 0.2) is 0 Å². The number of hydrogen-bond donors (Lipinski definition) is 2. The van der Waals surface area contributed by atoms with E-state index in [9.17, 15) is 23.2 Å². The van der Waals surface area contributed by atoms with Crippen LogP contribution in [0.25, 0.3) is 0 Å². The van der Waals surface area contributed by atoms with Crippen molar-refractivity contribution in [3.05, 3.63) is 33.5 Å². The van der Waals surface area contributed by atoms with Crippen LogP contribution in [0.2, 0.25) is 0 Å². The molecule has 2 heterocycles. The van der Waals surface area contributed by atoms with Crippen molar-refractivity contribution in [1.29, 1.82) is 0 Å². The molecule has 2 rings (SSSR count).